The van der Waals surface area contributed by atoms with Crippen molar-refractivity contribution in [1.29, 1.82) is 0 Å². The Morgan fingerprint density at radius 1 is 1.09 bits per heavy atom. The molecule has 1 unspecified atom stereocenters. The first kappa shape index (κ1) is 31.6. The molecule has 1 aliphatic rings. The summed E-state index contributed by atoms with van der Waals surface area (Å²) in [5.74, 6) is 1.42. The minimum Gasteiger partial charge on any atom is -0.611 e. The highest BCUT2D eigenvalue weighted by atomic mass is 32.2. The van der Waals surface area contributed by atoms with E-state index in [-0.39, 0.29) is 12.1 Å². The van der Waals surface area contributed by atoms with Gasteiger partial charge in [0.05, 0.1) is 6.54 Å². The number of anilines is 2. The molecule has 9 nitrogen and oxygen atoms in total. The van der Waals surface area contributed by atoms with Crippen LogP contribution in [0, 0.1) is 0 Å². The third kappa shape index (κ3) is 7.21. The van der Waals surface area contributed by atoms with Crippen LogP contribution in [0.3, 0.4) is 0 Å². The topological polar surface area (TPSA) is 111 Å². The molecule has 1 fully saturated rings. The van der Waals surface area contributed by atoms with E-state index in [2.05, 4.69) is 51.4 Å². The van der Waals surface area contributed by atoms with Crippen molar-refractivity contribution < 1.29 is 4.55 Å². The first-order valence-corrected chi connectivity index (χ1v) is 16.9. The van der Waals surface area contributed by atoms with Gasteiger partial charge in [-0.05, 0) is 92.0 Å². The molecule has 236 valence electrons. The summed E-state index contributed by atoms with van der Waals surface area (Å²) in [5, 5.41) is 7.44. The Morgan fingerprint density at radius 2 is 1.85 bits per heavy atom. The van der Waals surface area contributed by atoms with E-state index in [9.17, 15) is 9.35 Å². The van der Waals surface area contributed by atoms with Crippen LogP contribution in [0.15, 0.2) is 102 Å². The van der Waals surface area contributed by atoms with Gasteiger partial charge in [0.25, 0.3) is 5.56 Å². The molecule has 0 bridgehead atoms. The predicted molar refractivity (Wildman–Crippen MR) is 186 cm³/mol. The molecule has 0 saturated carbocycles. The lowest BCUT2D eigenvalue weighted by Gasteiger charge is -2.23. The van der Waals surface area contributed by atoms with Crippen molar-refractivity contribution in [2.45, 2.75) is 30.2 Å². The average Bonchev–Trinajstić information content (AvgIpc) is 3.09. The van der Waals surface area contributed by atoms with Crippen molar-refractivity contribution >= 4 is 39.4 Å². The van der Waals surface area contributed by atoms with E-state index in [1.54, 1.807) is 35.3 Å². The molecule has 10 heteroatoms. The lowest BCUT2D eigenvalue weighted by Crippen LogP contribution is -2.27. The molecule has 6 rings (SSSR count). The zero-order valence-electron chi connectivity index (χ0n) is 26.3. The highest BCUT2D eigenvalue weighted by Crippen LogP contribution is 2.28. The minimum atomic E-state index is -1.27. The fourth-order valence-corrected chi connectivity index (χ4v) is 7.17. The molecular formula is C36H39N7O2S. The molecule has 0 radical (unpaired) electrons. The molecule has 46 heavy (non-hydrogen) atoms. The van der Waals surface area contributed by atoms with Gasteiger partial charge in [0.1, 0.15) is 11.4 Å². The van der Waals surface area contributed by atoms with Crippen LogP contribution in [0.5, 0.6) is 0 Å². The second kappa shape index (κ2) is 14.4. The number of piperidine rings is 1. The molecule has 1 aliphatic heterocycles. The largest absolute Gasteiger partial charge is 0.611 e. The fraction of sp³-hybridized carbons (Fsp3) is 0.278. The van der Waals surface area contributed by atoms with Crippen LogP contribution in [0.1, 0.15) is 41.0 Å². The number of fused-ring (bicyclic) bond motifs is 1. The van der Waals surface area contributed by atoms with Crippen molar-refractivity contribution in [3.63, 3.8) is 0 Å². The van der Waals surface area contributed by atoms with Gasteiger partial charge in [-0.2, -0.15) is 4.98 Å². The third-order valence-corrected chi connectivity index (χ3v) is 9.85. The Labute approximate surface area is 272 Å². The monoisotopic (exact) mass is 633 g/mol. The van der Waals surface area contributed by atoms with Crippen molar-refractivity contribution in [3.05, 3.63) is 125 Å². The minimum absolute atomic E-state index is 0.142. The molecular weight excluding hydrogens is 595 g/mol. The summed E-state index contributed by atoms with van der Waals surface area (Å²) >= 11 is -1.27. The lowest BCUT2D eigenvalue weighted by atomic mass is 9.90. The van der Waals surface area contributed by atoms with Crippen LogP contribution >= 0.6 is 0 Å². The lowest BCUT2D eigenvalue weighted by molar-refractivity contribution is 0.432. The smallest absolute Gasteiger partial charge is 0.260 e. The summed E-state index contributed by atoms with van der Waals surface area (Å²) in [4.78, 5) is 30.7. The second-order valence-electron chi connectivity index (χ2n) is 11.9. The zero-order chi connectivity index (χ0) is 32.0. The van der Waals surface area contributed by atoms with Crippen molar-refractivity contribution in [1.82, 2.24) is 29.7 Å². The van der Waals surface area contributed by atoms with Gasteiger partial charge < -0.3 is 20.1 Å². The maximum absolute atomic E-state index is 14.3. The number of nitrogens with one attached hydrogen (secondary N) is 2. The van der Waals surface area contributed by atoms with E-state index < -0.39 is 11.2 Å². The van der Waals surface area contributed by atoms with Crippen LogP contribution in [0.4, 0.5) is 11.6 Å². The predicted octanol–water partition coefficient (Wildman–Crippen LogP) is 5.18. The first-order chi connectivity index (χ1) is 22.4. The Hall–Kier alpha value is -4.35. The van der Waals surface area contributed by atoms with E-state index in [0.717, 1.165) is 37.2 Å². The van der Waals surface area contributed by atoms with Gasteiger partial charge in [0.2, 0.25) is 5.95 Å². The van der Waals surface area contributed by atoms with Gasteiger partial charge >= 0.3 is 0 Å². The molecule has 0 aliphatic carbocycles. The van der Waals surface area contributed by atoms with E-state index in [1.807, 2.05) is 49.3 Å². The zero-order valence-corrected chi connectivity index (χ0v) is 27.1. The summed E-state index contributed by atoms with van der Waals surface area (Å²) in [6, 6.07) is 21.7. The highest BCUT2D eigenvalue weighted by molar-refractivity contribution is 7.91. The number of hydrogen-bond acceptors (Lipinski definition) is 8. The van der Waals surface area contributed by atoms with Crippen LogP contribution < -0.4 is 16.2 Å². The van der Waals surface area contributed by atoms with Crippen molar-refractivity contribution in [2.75, 3.05) is 44.8 Å². The van der Waals surface area contributed by atoms with Crippen LogP contribution in [-0.4, -0.2) is 68.5 Å². The van der Waals surface area contributed by atoms with Gasteiger partial charge in [0, 0.05) is 53.4 Å². The molecule has 0 amide bonds. The van der Waals surface area contributed by atoms with E-state index in [4.69, 9.17) is 4.98 Å². The second-order valence-corrected chi connectivity index (χ2v) is 13.4. The van der Waals surface area contributed by atoms with Gasteiger partial charge in [0.15, 0.2) is 4.90 Å². The van der Waals surface area contributed by atoms with Crippen molar-refractivity contribution in [3.8, 4) is 0 Å². The number of aromatic nitrogens is 4. The highest BCUT2D eigenvalue weighted by Gasteiger charge is 2.21. The standard InChI is InChI=1S/C36H39N7O2S/c1-25(26-7-5-4-6-8-26)32-21-29-23-39-36(40-31-11-9-27(10-12-31)28-13-16-37-17-14-28)41-34(29)43(35(32)44)24-30-22-38-18-15-33(30)46(45)20-19-42(2)3/h4-12,15,18,21-23,28,37H,1,13-14,16-17,19-20,24H2,2-3H3,(H,39,40,41). The number of pyridine rings is 2. The summed E-state index contributed by atoms with van der Waals surface area (Å²) in [5.41, 5.74) is 5.04. The Morgan fingerprint density at radius 3 is 2.59 bits per heavy atom. The third-order valence-electron chi connectivity index (χ3n) is 8.41. The fourth-order valence-electron chi connectivity index (χ4n) is 5.80. The molecule has 3 aromatic heterocycles. The average molecular weight is 634 g/mol. The molecule has 1 atom stereocenters. The normalized spacial score (nSPS) is 14.4. The van der Waals surface area contributed by atoms with Gasteiger partial charge in [-0.1, -0.05) is 49.0 Å². The van der Waals surface area contributed by atoms with Crippen LogP contribution in [0.25, 0.3) is 16.6 Å². The Balaban J connectivity index is 1.38. The van der Waals surface area contributed by atoms with E-state index in [0.29, 0.717) is 56.8 Å². The quantitative estimate of drug-likeness (QED) is 0.192. The first-order valence-electron chi connectivity index (χ1n) is 15.6. The number of rotatable bonds is 11. The number of hydrogen-bond donors (Lipinski definition) is 2. The van der Waals surface area contributed by atoms with Gasteiger partial charge in [-0.25, -0.2) is 4.98 Å². The summed E-state index contributed by atoms with van der Waals surface area (Å²) in [7, 11) is 3.91. The number of benzene rings is 2. The SMILES string of the molecule is C=C(c1ccccc1)c1cc2cnc(Nc3ccc(C4CCNCC4)cc3)nc2n(Cc2cnccc2[S+]([O-])CCN(C)C)c1=O. The molecule has 4 heterocycles. The van der Waals surface area contributed by atoms with E-state index in [1.165, 1.54) is 5.56 Å². The molecule has 1 saturated heterocycles. The summed E-state index contributed by atoms with van der Waals surface area (Å²) in [6.07, 6.45) is 7.33. The van der Waals surface area contributed by atoms with Crippen LogP contribution in [0.2, 0.25) is 0 Å². The maximum Gasteiger partial charge on any atom is 0.260 e. The van der Waals surface area contributed by atoms with Gasteiger partial charge in [-0.3, -0.25) is 14.3 Å². The summed E-state index contributed by atoms with van der Waals surface area (Å²) < 4.78 is 15.0. The van der Waals surface area contributed by atoms with Crippen molar-refractivity contribution in [2.24, 2.45) is 0 Å². The Bertz CT molecular complexity index is 1870. The van der Waals surface area contributed by atoms with Gasteiger partial charge in [-0.15, -0.1) is 0 Å². The molecule has 2 N–H and O–H groups in total. The van der Waals surface area contributed by atoms with E-state index >= 15 is 0 Å². The molecule has 0 spiro atoms. The molecule has 5 aromatic rings. The Kier molecular flexibility index (Phi) is 9.89. The maximum atomic E-state index is 14.3. The molecule has 2 aromatic carbocycles. The summed E-state index contributed by atoms with van der Waals surface area (Å²) in [6.45, 7) is 7.18. The number of nitrogens with zero attached hydrogens (tertiary/aromatic N) is 5. The van der Waals surface area contributed by atoms with Crippen LogP contribution in [-0.2, 0) is 17.7 Å².